The van der Waals surface area contributed by atoms with Gasteiger partial charge in [-0.3, -0.25) is 0 Å². The molecule has 0 spiro atoms. The fourth-order valence-corrected chi connectivity index (χ4v) is 2.69. The van der Waals surface area contributed by atoms with Gasteiger partial charge in [-0.2, -0.15) is 5.10 Å². The van der Waals surface area contributed by atoms with Crippen LogP contribution in [0.15, 0.2) is 42.6 Å². The molecule has 4 aromatic rings. The van der Waals surface area contributed by atoms with Crippen molar-refractivity contribution in [3.05, 3.63) is 59.8 Å². The van der Waals surface area contributed by atoms with Crippen molar-refractivity contribution in [3.63, 3.8) is 0 Å². The first kappa shape index (κ1) is 15.9. The number of benzene rings is 1. The summed E-state index contributed by atoms with van der Waals surface area (Å²) < 4.78 is 29.2. The zero-order chi connectivity index (χ0) is 18.3. The summed E-state index contributed by atoms with van der Waals surface area (Å²) >= 11 is 0. The van der Waals surface area contributed by atoms with E-state index in [9.17, 15) is 8.78 Å². The third-order valence-electron chi connectivity index (χ3n) is 3.81. The van der Waals surface area contributed by atoms with Crippen molar-refractivity contribution in [2.45, 2.75) is 6.54 Å². The van der Waals surface area contributed by atoms with Gasteiger partial charge in [0.15, 0.2) is 11.5 Å². The number of halogens is 2. The first-order valence-electron chi connectivity index (χ1n) is 7.67. The molecule has 0 atom stereocenters. The first-order valence-corrected chi connectivity index (χ1v) is 7.67. The van der Waals surface area contributed by atoms with Crippen molar-refractivity contribution in [3.8, 4) is 11.5 Å². The van der Waals surface area contributed by atoms with Gasteiger partial charge in [0.05, 0.1) is 18.1 Å². The number of anilines is 2. The van der Waals surface area contributed by atoms with E-state index in [-0.39, 0.29) is 35.5 Å². The van der Waals surface area contributed by atoms with Crippen LogP contribution in [-0.4, -0.2) is 24.7 Å². The summed E-state index contributed by atoms with van der Waals surface area (Å²) in [6.07, 6.45) is 1.07. The van der Waals surface area contributed by atoms with E-state index >= 15 is 0 Å². The number of fused-ring (bicyclic) bond motifs is 1. The molecule has 0 aliphatic carbocycles. The number of aromatic nitrogens is 5. The van der Waals surface area contributed by atoms with Gasteiger partial charge in [0.25, 0.3) is 0 Å². The van der Waals surface area contributed by atoms with Gasteiger partial charge in [0.1, 0.15) is 29.0 Å². The topological polar surface area (TPSA) is 109 Å². The van der Waals surface area contributed by atoms with E-state index in [4.69, 9.17) is 11.5 Å². The van der Waals surface area contributed by atoms with Crippen LogP contribution >= 0.6 is 0 Å². The molecule has 0 saturated heterocycles. The Hall–Kier alpha value is -3.62. The van der Waals surface area contributed by atoms with Crippen LogP contribution in [0.1, 0.15) is 5.56 Å². The Bertz CT molecular complexity index is 1100. The minimum Gasteiger partial charge on any atom is -0.384 e. The van der Waals surface area contributed by atoms with Crippen LogP contribution in [0.5, 0.6) is 0 Å². The maximum absolute atomic E-state index is 14.0. The van der Waals surface area contributed by atoms with Gasteiger partial charge >= 0.3 is 0 Å². The molecule has 3 heterocycles. The number of nitrogen functional groups attached to an aromatic ring is 2. The molecule has 4 rings (SSSR count). The maximum Gasteiger partial charge on any atom is 0.184 e. The van der Waals surface area contributed by atoms with E-state index < -0.39 is 5.82 Å². The fraction of sp³-hybridized carbons (Fsp3) is 0.0588. The fourth-order valence-electron chi connectivity index (χ4n) is 2.69. The van der Waals surface area contributed by atoms with Gasteiger partial charge in [-0.05, 0) is 12.1 Å². The van der Waals surface area contributed by atoms with Crippen LogP contribution in [0.25, 0.3) is 22.6 Å². The second-order valence-corrected chi connectivity index (χ2v) is 5.66. The SMILES string of the molecule is Nc1cc(N)nc(-c2nn(Cc3ccccc3F)c3ncc(F)cc23)n1. The number of rotatable bonds is 3. The quantitative estimate of drug-likeness (QED) is 0.585. The monoisotopic (exact) mass is 353 g/mol. The molecule has 9 heteroatoms. The second kappa shape index (κ2) is 6.03. The molecule has 0 bridgehead atoms. The maximum atomic E-state index is 14.0. The zero-order valence-corrected chi connectivity index (χ0v) is 13.4. The number of nitrogens with two attached hydrogens (primary N) is 2. The lowest BCUT2D eigenvalue weighted by Crippen LogP contribution is -2.05. The molecule has 0 fully saturated rings. The number of pyridine rings is 1. The highest BCUT2D eigenvalue weighted by Crippen LogP contribution is 2.27. The Morgan fingerprint density at radius 3 is 2.46 bits per heavy atom. The predicted molar refractivity (Wildman–Crippen MR) is 92.8 cm³/mol. The third-order valence-corrected chi connectivity index (χ3v) is 3.81. The number of hydrogen-bond acceptors (Lipinski definition) is 6. The van der Waals surface area contributed by atoms with Crippen LogP contribution in [0.3, 0.4) is 0 Å². The first-order chi connectivity index (χ1) is 12.5. The van der Waals surface area contributed by atoms with E-state index in [1.165, 1.54) is 22.9 Å². The van der Waals surface area contributed by atoms with Crippen LogP contribution in [0.2, 0.25) is 0 Å². The molecule has 0 amide bonds. The van der Waals surface area contributed by atoms with Crippen LogP contribution in [0.4, 0.5) is 20.4 Å². The molecule has 7 nitrogen and oxygen atoms in total. The second-order valence-electron chi connectivity index (χ2n) is 5.66. The highest BCUT2D eigenvalue weighted by Gasteiger charge is 2.18. The van der Waals surface area contributed by atoms with Gasteiger partial charge in [-0.15, -0.1) is 0 Å². The molecular weight excluding hydrogens is 340 g/mol. The van der Waals surface area contributed by atoms with Crippen molar-refractivity contribution in [2.75, 3.05) is 11.5 Å². The molecule has 4 N–H and O–H groups in total. The molecule has 0 unspecified atom stereocenters. The smallest absolute Gasteiger partial charge is 0.184 e. The molecular formula is C17H13F2N7. The summed E-state index contributed by atoms with van der Waals surface area (Å²) in [5, 5.41) is 4.78. The summed E-state index contributed by atoms with van der Waals surface area (Å²) in [4.78, 5) is 12.3. The van der Waals surface area contributed by atoms with E-state index in [1.54, 1.807) is 18.2 Å². The summed E-state index contributed by atoms with van der Waals surface area (Å²) in [7, 11) is 0. The van der Waals surface area contributed by atoms with Crippen molar-refractivity contribution in [1.29, 1.82) is 0 Å². The van der Waals surface area contributed by atoms with Gasteiger partial charge in [-0.1, -0.05) is 18.2 Å². The molecule has 0 saturated carbocycles. The van der Waals surface area contributed by atoms with Crippen molar-refractivity contribution < 1.29 is 8.78 Å². The average Bonchev–Trinajstić information content (AvgIpc) is 2.94. The van der Waals surface area contributed by atoms with Gasteiger partial charge < -0.3 is 11.5 Å². The molecule has 130 valence electrons. The summed E-state index contributed by atoms with van der Waals surface area (Å²) in [6, 6.07) is 8.99. The molecule has 1 aromatic carbocycles. The van der Waals surface area contributed by atoms with Crippen molar-refractivity contribution >= 4 is 22.7 Å². The molecule has 0 radical (unpaired) electrons. The molecule has 0 aliphatic rings. The van der Waals surface area contributed by atoms with E-state index in [2.05, 4.69) is 20.1 Å². The summed E-state index contributed by atoms with van der Waals surface area (Å²) in [6.45, 7) is 0.111. The highest BCUT2D eigenvalue weighted by atomic mass is 19.1. The Labute approximate surface area is 146 Å². The van der Waals surface area contributed by atoms with Crippen molar-refractivity contribution in [2.24, 2.45) is 0 Å². The van der Waals surface area contributed by atoms with Crippen LogP contribution in [-0.2, 0) is 6.54 Å². The van der Waals surface area contributed by atoms with Crippen molar-refractivity contribution in [1.82, 2.24) is 24.7 Å². The Kier molecular flexibility index (Phi) is 3.68. The molecule has 0 aliphatic heterocycles. The van der Waals surface area contributed by atoms with Gasteiger partial charge in [-0.25, -0.2) is 28.4 Å². The largest absolute Gasteiger partial charge is 0.384 e. The standard InChI is InChI=1S/C17H13F2N7/c18-10-5-11-15(16-23-13(20)6-14(21)24-16)25-26(17(11)22-7-10)8-9-3-1-2-4-12(9)19/h1-7H,8H2,(H4,20,21,23,24). The lowest BCUT2D eigenvalue weighted by Gasteiger charge is -2.04. The summed E-state index contributed by atoms with van der Waals surface area (Å²) in [5.74, 6) is -0.445. The zero-order valence-electron chi connectivity index (χ0n) is 13.4. The number of nitrogens with zero attached hydrogens (tertiary/aromatic N) is 5. The van der Waals surface area contributed by atoms with Crippen LogP contribution in [0, 0.1) is 11.6 Å². The minimum absolute atomic E-state index is 0.111. The van der Waals surface area contributed by atoms with E-state index in [0.29, 0.717) is 16.6 Å². The Balaban J connectivity index is 1.91. The Morgan fingerprint density at radius 2 is 1.73 bits per heavy atom. The van der Waals surface area contributed by atoms with E-state index in [0.717, 1.165) is 6.20 Å². The summed E-state index contributed by atoms with van der Waals surface area (Å²) in [5.41, 5.74) is 12.5. The van der Waals surface area contributed by atoms with Gasteiger partial charge in [0.2, 0.25) is 0 Å². The lowest BCUT2D eigenvalue weighted by molar-refractivity contribution is 0.588. The normalized spacial score (nSPS) is 11.2. The molecule has 26 heavy (non-hydrogen) atoms. The molecule has 3 aromatic heterocycles. The third kappa shape index (κ3) is 2.79. The lowest BCUT2D eigenvalue weighted by atomic mass is 10.2. The predicted octanol–water partition coefficient (Wildman–Crippen LogP) is 2.38. The average molecular weight is 353 g/mol. The highest BCUT2D eigenvalue weighted by molar-refractivity contribution is 5.89. The van der Waals surface area contributed by atoms with Gasteiger partial charge in [0, 0.05) is 11.6 Å². The Morgan fingerprint density at radius 1 is 1.00 bits per heavy atom. The van der Waals surface area contributed by atoms with E-state index in [1.807, 2.05) is 0 Å². The van der Waals surface area contributed by atoms with Crippen LogP contribution < -0.4 is 11.5 Å². The number of hydrogen-bond donors (Lipinski definition) is 2. The minimum atomic E-state index is -0.541.